The molecule has 1 aromatic heterocycles. The molecule has 0 radical (unpaired) electrons. The lowest BCUT2D eigenvalue weighted by molar-refractivity contribution is 0.178. The molecular formula is C14H19N3O. The van der Waals surface area contributed by atoms with Gasteiger partial charge in [-0.25, -0.2) is 4.98 Å². The van der Waals surface area contributed by atoms with E-state index in [9.17, 15) is 0 Å². The molecule has 0 amide bonds. The van der Waals surface area contributed by atoms with Gasteiger partial charge in [0.05, 0.1) is 24.2 Å². The number of aromatic nitrogens is 2. The van der Waals surface area contributed by atoms with E-state index in [-0.39, 0.29) is 0 Å². The van der Waals surface area contributed by atoms with Gasteiger partial charge < -0.3 is 15.0 Å². The van der Waals surface area contributed by atoms with E-state index < -0.39 is 0 Å². The highest BCUT2D eigenvalue weighted by Crippen LogP contribution is 2.17. The summed E-state index contributed by atoms with van der Waals surface area (Å²) in [7, 11) is 0. The maximum atomic E-state index is 5.41. The Morgan fingerprint density at radius 3 is 3.17 bits per heavy atom. The molecule has 2 atom stereocenters. The molecule has 1 aromatic carbocycles. The molecule has 1 fully saturated rings. The number of fused-ring (bicyclic) bond motifs is 1. The predicted molar refractivity (Wildman–Crippen MR) is 71.3 cm³/mol. The average Bonchev–Trinajstić information content (AvgIpc) is 3.04. The number of para-hydroxylation sites is 2. The number of rotatable bonds is 4. The largest absolute Gasteiger partial charge is 0.381 e. The number of nitrogens with one attached hydrogen (secondary N) is 2. The molecule has 96 valence electrons. The molecule has 0 saturated carbocycles. The number of imidazole rings is 1. The van der Waals surface area contributed by atoms with Gasteiger partial charge in [0.15, 0.2) is 0 Å². The van der Waals surface area contributed by atoms with E-state index in [1.165, 1.54) is 0 Å². The summed E-state index contributed by atoms with van der Waals surface area (Å²) in [5.41, 5.74) is 2.14. The number of aromatic amines is 1. The highest BCUT2D eigenvalue weighted by atomic mass is 16.5. The lowest BCUT2D eigenvalue weighted by Crippen LogP contribution is -2.33. The van der Waals surface area contributed by atoms with Crippen molar-refractivity contribution in [1.82, 2.24) is 15.3 Å². The summed E-state index contributed by atoms with van der Waals surface area (Å²) < 4.78 is 5.41. The summed E-state index contributed by atoms with van der Waals surface area (Å²) in [6, 6.07) is 8.60. The summed E-state index contributed by atoms with van der Waals surface area (Å²) >= 11 is 0. The van der Waals surface area contributed by atoms with Crippen LogP contribution in [0.15, 0.2) is 24.3 Å². The van der Waals surface area contributed by atoms with Crippen molar-refractivity contribution in [1.29, 1.82) is 0 Å². The van der Waals surface area contributed by atoms with E-state index >= 15 is 0 Å². The third-order valence-electron chi connectivity index (χ3n) is 3.70. The number of H-pyrrole nitrogens is 1. The second-order valence-electron chi connectivity index (χ2n) is 4.99. The molecule has 0 spiro atoms. The topological polar surface area (TPSA) is 49.9 Å². The summed E-state index contributed by atoms with van der Waals surface area (Å²) in [6.45, 7) is 4.80. The van der Waals surface area contributed by atoms with Crippen molar-refractivity contribution in [2.45, 2.75) is 25.9 Å². The van der Waals surface area contributed by atoms with E-state index in [0.29, 0.717) is 12.0 Å². The maximum Gasteiger partial charge on any atom is 0.121 e. The summed E-state index contributed by atoms with van der Waals surface area (Å²) in [6.07, 6.45) is 1.16. The Morgan fingerprint density at radius 2 is 2.39 bits per heavy atom. The number of hydrogen-bond donors (Lipinski definition) is 2. The van der Waals surface area contributed by atoms with E-state index in [1.807, 2.05) is 18.2 Å². The molecule has 2 unspecified atom stereocenters. The number of nitrogens with zero attached hydrogens (tertiary/aromatic N) is 1. The first-order valence-corrected chi connectivity index (χ1v) is 6.57. The fourth-order valence-electron chi connectivity index (χ4n) is 2.46. The normalized spacial score (nSPS) is 21.5. The lowest BCUT2D eigenvalue weighted by atomic mass is 10.0. The predicted octanol–water partition coefficient (Wildman–Crippen LogP) is 2.08. The molecule has 0 aliphatic carbocycles. The molecule has 2 heterocycles. The fourth-order valence-corrected chi connectivity index (χ4v) is 2.46. The van der Waals surface area contributed by atoms with Gasteiger partial charge in [0.2, 0.25) is 0 Å². The maximum absolute atomic E-state index is 5.41. The first-order chi connectivity index (χ1) is 8.83. The molecule has 18 heavy (non-hydrogen) atoms. The van der Waals surface area contributed by atoms with E-state index in [1.54, 1.807) is 0 Å². The van der Waals surface area contributed by atoms with Crippen LogP contribution in [0.25, 0.3) is 11.0 Å². The fraction of sp³-hybridized carbons (Fsp3) is 0.500. The molecule has 2 aromatic rings. The summed E-state index contributed by atoms with van der Waals surface area (Å²) in [4.78, 5) is 7.90. The summed E-state index contributed by atoms with van der Waals surface area (Å²) in [5, 5.41) is 3.53. The standard InChI is InChI=1S/C14H19N3O/c1-10(11-6-7-18-9-11)15-8-14-16-12-4-2-3-5-13(12)17-14/h2-5,10-11,15H,6-9H2,1H3,(H,16,17). The van der Waals surface area contributed by atoms with Crippen molar-refractivity contribution in [3.05, 3.63) is 30.1 Å². The Balaban J connectivity index is 1.62. The van der Waals surface area contributed by atoms with E-state index in [0.717, 1.165) is 43.0 Å². The molecular weight excluding hydrogens is 226 g/mol. The Morgan fingerprint density at radius 1 is 1.50 bits per heavy atom. The molecule has 3 rings (SSSR count). The van der Waals surface area contributed by atoms with Crippen molar-refractivity contribution >= 4 is 11.0 Å². The minimum absolute atomic E-state index is 0.473. The first-order valence-electron chi connectivity index (χ1n) is 6.57. The highest BCUT2D eigenvalue weighted by Gasteiger charge is 2.21. The smallest absolute Gasteiger partial charge is 0.121 e. The van der Waals surface area contributed by atoms with Crippen molar-refractivity contribution in [3.8, 4) is 0 Å². The molecule has 4 nitrogen and oxygen atoms in total. The average molecular weight is 245 g/mol. The second-order valence-corrected chi connectivity index (χ2v) is 4.99. The SMILES string of the molecule is CC(NCc1nc2ccccc2[nH]1)C1CCOC1. The van der Waals surface area contributed by atoms with E-state index in [4.69, 9.17) is 4.74 Å². The van der Waals surface area contributed by atoms with Crippen LogP contribution in [0.4, 0.5) is 0 Å². The van der Waals surface area contributed by atoms with Crippen LogP contribution in [0.1, 0.15) is 19.2 Å². The van der Waals surface area contributed by atoms with Gasteiger partial charge in [-0.1, -0.05) is 12.1 Å². The zero-order chi connectivity index (χ0) is 12.4. The van der Waals surface area contributed by atoms with Gasteiger partial charge in [-0.05, 0) is 31.4 Å². The van der Waals surface area contributed by atoms with Gasteiger partial charge in [0.25, 0.3) is 0 Å². The Kier molecular flexibility index (Phi) is 3.30. The minimum atomic E-state index is 0.473. The Hall–Kier alpha value is -1.39. The molecule has 1 aliphatic rings. The zero-order valence-electron chi connectivity index (χ0n) is 10.6. The van der Waals surface area contributed by atoms with Crippen LogP contribution in [0.5, 0.6) is 0 Å². The van der Waals surface area contributed by atoms with Gasteiger partial charge in [-0.2, -0.15) is 0 Å². The van der Waals surface area contributed by atoms with Crippen LogP contribution in [0.2, 0.25) is 0 Å². The molecule has 2 N–H and O–H groups in total. The van der Waals surface area contributed by atoms with Crippen LogP contribution in [0.3, 0.4) is 0 Å². The quantitative estimate of drug-likeness (QED) is 0.867. The number of hydrogen-bond acceptors (Lipinski definition) is 3. The zero-order valence-corrected chi connectivity index (χ0v) is 10.6. The molecule has 1 saturated heterocycles. The second kappa shape index (κ2) is 5.08. The molecule has 0 bridgehead atoms. The monoisotopic (exact) mass is 245 g/mol. The number of ether oxygens (including phenoxy) is 1. The Bertz CT molecular complexity index is 483. The third-order valence-corrected chi connectivity index (χ3v) is 3.70. The molecule has 1 aliphatic heterocycles. The number of benzene rings is 1. The van der Waals surface area contributed by atoms with Gasteiger partial charge in [-0.15, -0.1) is 0 Å². The van der Waals surface area contributed by atoms with E-state index in [2.05, 4.69) is 28.3 Å². The van der Waals surface area contributed by atoms with Crippen LogP contribution in [-0.2, 0) is 11.3 Å². The van der Waals surface area contributed by atoms with Crippen LogP contribution in [-0.4, -0.2) is 29.2 Å². The van der Waals surface area contributed by atoms with Crippen molar-refractivity contribution in [2.75, 3.05) is 13.2 Å². The first kappa shape index (κ1) is 11.7. The van der Waals surface area contributed by atoms with Crippen molar-refractivity contribution in [3.63, 3.8) is 0 Å². The van der Waals surface area contributed by atoms with Gasteiger partial charge in [-0.3, -0.25) is 0 Å². The van der Waals surface area contributed by atoms with Gasteiger partial charge in [0, 0.05) is 12.6 Å². The molecule has 4 heteroatoms. The summed E-state index contributed by atoms with van der Waals surface area (Å²) in [5.74, 6) is 1.64. The van der Waals surface area contributed by atoms with Gasteiger partial charge in [0.1, 0.15) is 5.82 Å². The van der Waals surface area contributed by atoms with Gasteiger partial charge >= 0.3 is 0 Å². The van der Waals surface area contributed by atoms with Crippen LogP contribution in [0, 0.1) is 5.92 Å². The van der Waals surface area contributed by atoms with Crippen molar-refractivity contribution < 1.29 is 4.74 Å². The Labute approximate surface area is 107 Å². The highest BCUT2D eigenvalue weighted by molar-refractivity contribution is 5.74. The van der Waals surface area contributed by atoms with Crippen LogP contribution < -0.4 is 5.32 Å². The van der Waals surface area contributed by atoms with Crippen molar-refractivity contribution in [2.24, 2.45) is 5.92 Å². The lowest BCUT2D eigenvalue weighted by Gasteiger charge is -2.18. The minimum Gasteiger partial charge on any atom is -0.381 e. The van der Waals surface area contributed by atoms with Crippen LogP contribution >= 0.6 is 0 Å². The third kappa shape index (κ3) is 2.40.